The van der Waals surface area contributed by atoms with Crippen molar-refractivity contribution in [3.8, 4) is 0 Å². The zero-order valence-corrected chi connectivity index (χ0v) is 34.7. The summed E-state index contributed by atoms with van der Waals surface area (Å²) in [5, 5.41) is 21.0. The van der Waals surface area contributed by atoms with E-state index < -0.39 is 11.2 Å². The molecule has 0 aromatic heterocycles. The third-order valence-corrected chi connectivity index (χ3v) is 8.65. The number of carbonyl (C=O) groups is 1. The highest BCUT2D eigenvalue weighted by Gasteiger charge is 2.32. The van der Waals surface area contributed by atoms with Gasteiger partial charge in [-0.2, -0.15) is 0 Å². The van der Waals surface area contributed by atoms with E-state index in [4.69, 9.17) is 44.1 Å². The van der Waals surface area contributed by atoms with E-state index in [0.29, 0.717) is 49.7 Å². The number of aliphatic hydroxyl groups is 2. The van der Waals surface area contributed by atoms with Crippen molar-refractivity contribution in [2.45, 2.75) is 84.2 Å². The molecule has 1 saturated heterocycles. The summed E-state index contributed by atoms with van der Waals surface area (Å²) < 4.78 is 11.0. The molecule has 0 aliphatic carbocycles. The Morgan fingerprint density at radius 2 is 1.06 bits per heavy atom. The van der Waals surface area contributed by atoms with E-state index in [1.807, 2.05) is 99.6 Å². The van der Waals surface area contributed by atoms with E-state index in [9.17, 15) is 15.0 Å². The van der Waals surface area contributed by atoms with Crippen molar-refractivity contribution in [1.29, 1.82) is 0 Å². The number of alkyl halides is 3. The Labute approximate surface area is 335 Å². The monoisotopic (exact) mass is 784 g/mol. The maximum absolute atomic E-state index is 11.2. The van der Waals surface area contributed by atoms with Crippen molar-refractivity contribution in [2.75, 3.05) is 30.9 Å². The van der Waals surface area contributed by atoms with Crippen molar-refractivity contribution in [3.63, 3.8) is 0 Å². The van der Waals surface area contributed by atoms with E-state index in [2.05, 4.69) is 33.6 Å². The highest BCUT2D eigenvalue weighted by Crippen LogP contribution is 2.33. The van der Waals surface area contributed by atoms with Crippen LogP contribution in [0.1, 0.15) is 88.2 Å². The summed E-state index contributed by atoms with van der Waals surface area (Å²) in [4.78, 5) is 11.2. The highest BCUT2D eigenvalue weighted by molar-refractivity contribution is 6.45. The number of rotatable bonds is 15. The summed E-state index contributed by atoms with van der Waals surface area (Å²) in [6.45, 7) is 23.2. The standard InChI is InChI=1S/2C13H17ClO.C9H17BO2.C9H9ClO/c2*1-11(2)10-13(15,8-9-14)12-6-4-3-5-7-12;1-8(2)5-10-11-6-9(3,4)7-12-10;10-7-6-9(11)8-4-2-1-3-5-8/h2*3-7,15H,1,8-10H2,2H3;1,5-7H2,2-4H3;1-5H,6-7H2/t2*13-;;/m10../s1. The molecule has 2 atom stereocenters. The minimum Gasteiger partial charge on any atom is -0.410 e. The second-order valence-corrected chi connectivity index (χ2v) is 15.7. The second-order valence-electron chi connectivity index (χ2n) is 14.5. The zero-order chi connectivity index (χ0) is 39.9. The van der Waals surface area contributed by atoms with E-state index in [1.54, 1.807) is 12.1 Å². The van der Waals surface area contributed by atoms with Crippen LogP contribution in [-0.4, -0.2) is 54.0 Å². The molecular formula is C44H60BCl3O5. The van der Waals surface area contributed by atoms with Crippen LogP contribution in [0, 0.1) is 5.41 Å². The third kappa shape index (κ3) is 20.0. The average Bonchev–Trinajstić information content (AvgIpc) is 3.11. The minimum absolute atomic E-state index is 0.0597. The molecule has 290 valence electrons. The van der Waals surface area contributed by atoms with Crippen LogP contribution in [0.15, 0.2) is 127 Å². The lowest BCUT2D eigenvalue weighted by Crippen LogP contribution is -2.40. The van der Waals surface area contributed by atoms with Crippen LogP contribution in [0.4, 0.5) is 0 Å². The van der Waals surface area contributed by atoms with Crippen molar-refractivity contribution in [2.24, 2.45) is 5.41 Å². The van der Waals surface area contributed by atoms with Gasteiger partial charge in [0, 0.05) is 67.4 Å². The summed E-state index contributed by atoms with van der Waals surface area (Å²) in [7, 11) is -0.0597. The van der Waals surface area contributed by atoms with Gasteiger partial charge < -0.3 is 19.5 Å². The molecule has 0 spiro atoms. The van der Waals surface area contributed by atoms with Crippen LogP contribution in [0.25, 0.3) is 0 Å². The molecular weight excluding hydrogens is 726 g/mol. The van der Waals surface area contributed by atoms with Gasteiger partial charge in [0.25, 0.3) is 0 Å². The highest BCUT2D eigenvalue weighted by atomic mass is 35.5. The van der Waals surface area contributed by atoms with Gasteiger partial charge >= 0.3 is 7.12 Å². The molecule has 1 fully saturated rings. The molecule has 0 bridgehead atoms. The number of Topliss-reactive ketones (excluding diaryl/α,β-unsaturated/α-hetero) is 1. The number of hydrogen-bond acceptors (Lipinski definition) is 5. The second kappa shape index (κ2) is 25.4. The van der Waals surface area contributed by atoms with Gasteiger partial charge in [-0.1, -0.05) is 122 Å². The van der Waals surface area contributed by atoms with Crippen LogP contribution in [0.5, 0.6) is 0 Å². The fourth-order valence-corrected chi connectivity index (χ4v) is 6.26. The molecule has 5 nitrogen and oxygen atoms in total. The molecule has 3 aromatic carbocycles. The molecule has 0 radical (unpaired) electrons. The Balaban J connectivity index is 0.000000356. The maximum atomic E-state index is 11.2. The van der Waals surface area contributed by atoms with Crippen LogP contribution in [0.2, 0.25) is 6.32 Å². The first-order chi connectivity index (χ1) is 25.0. The maximum Gasteiger partial charge on any atom is 0.461 e. The molecule has 1 aliphatic rings. The van der Waals surface area contributed by atoms with Gasteiger partial charge in [0.1, 0.15) is 0 Å². The van der Waals surface area contributed by atoms with Crippen LogP contribution in [-0.2, 0) is 20.5 Å². The Kier molecular flexibility index (Phi) is 23.2. The Morgan fingerprint density at radius 1 is 0.679 bits per heavy atom. The van der Waals surface area contributed by atoms with Crippen LogP contribution in [0.3, 0.4) is 0 Å². The van der Waals surface area contributed by atoms with Gasteiger partial charge in [0.05, 0.1) is 11.2 Å². The van der Waals surface area contributed by atoms with E-state index in [-0.39, 0.29) is 18.3 Å². The van der Waals surface area contributed by atoms with Gasteiger partial charge in [0.2, 0.25) is 0 Å². The summed E-state index contributed by atoms with van der Waals surface area (Å²) in [6.07, 6.45) is 3.45. The van der Waals surface area contributed by atoms with Gasteiger partial charge in [0.15, 0.2) is 5.78 Å². The van der Waals surface area contributed by atoms with Crippen LogP contribution >= 0.6 is 34.8 Å². The summed E-state index contributed by atoms with van der Waals surface area (Å²) in [6, 6.07) is 28.5. The number of benzene rings is 3. The van der Waals surface area contributed by atoms with Crippen molar-refractivity contribution in [1.82, 2.24) is 0 Å². The molecule has 1 heterocycles. The first-order valence-corrected chi connectivity index (χ1v) is 19.6. The lowest BCUT2D eigenvalue weighted by Gasteiger charge is -2.33. The Morgan fingerprint density at radius 3 is 1.38 bits per heavy atom. The minimum atomic E-state index is -0.866. The summed E-state index contributed by atoms with van der Waals surface area (Å²) in [5.41, 5.74) is 4.04. The third-order valence-electron chi connectivity index (χ3n) is 8.08. The van der Waals surface area contributed by atoms with Crippen molar-refractivity contribution in [3.05, 3.63) is 144 Å². The van der Waals surface area contributed by atoms with Crippen molar-refractivity contribution >= 4 is 47.7 Å². The smallest absolute Gasteiger partial charge is 0.410 e. The Hall–Kier alpha value is -2.68. The molecule has 1 aliphatic heterocycles. The predicted octanol–water partition coefficient (Wildman–Crippen LogP) is 11.6. The largest absolute Gasteiger partial charge is 0.461 e. The fraction of sp³-hybridized carbons (Fsp3) is 0.432. The quantitative estimate of drug-likeness (QED) is 0.0694. The molecule has 2 N–H and O–H groups in total. The van der Waals surface area contributed by atoms with E-state index in [0.717, 1.165) is 52.9 Å². The molecule has 0 unspecified atom stereocenters. The lowest BCUT2D eigenvalue weighted by atomic mass is 9.78. The van der Waals surface area contributed by atoms with E-state index in [1.165, 1.54) is 0 Å². The number of allylic oxidation sites excluding steroid dienone is 1. The van der Waals surface area contributed by atoms with Gasteiger partial charge in [-0.15, -0.1) is 54.5 Å². The predicted molar refractivity (Wildman–Crippen MR) is 227 cm³/mol. The SMILES string of the molecule is C=C(C)CB1OCC(C)(C)CO1.C=C(C)C[C@@](O)(CCCl)c1ccccc1.C=C(C)C[C@](O)(CCCl)c1ccccc1.O=C(CCCl)c1ccccc1. The molecule has 9 heteroatoms. The summed E-state index contributed by atoms with van der Waals surface area (Å²) in [5.74, 6) is 1.39. The van der Waals surface area contributed by atoms with Gasteiger partial charge in [-0.25, -0.2) is 0 Å². The van der Waals surface area contributed by atoms with Gasteiger partial charge in [-0.05, 0) is 44.7 Å². The number of ketones is 1. The number of carbonyl (C=O) groups excluding carboxylic acids is 1. The molecule has 0 saturated carbocycles. The molecule has 3 aromatic rings. The molecule has 0 amide bonds. The number of hydrogen-bond donors (Lipinski definition) is 2. The zero-order valence-electron chi connectivity index (χ0n) is 32.4. The fourth-order valence-electron chi connectivity index (χ4n) is 5.46. The topological polar surface area (TPSA) is 76.0 Å². The lowest BCUT2D eigenvalue weighted by molar-refractivity contribution is 0.0291. The Bertz CT molecular complexity index is 1430. The average molecular weight is 786 g/mol. The van der Waals surface area contributed by atoms with Crippen LogP contribution < -0.4 is 0 Å². The molecule has 53 heavy (non-hydrogen) atoms. The van der Waals surface area contributed by atoms with Crippen molar-refractivity contribution < 1.29 is 24.3 Å². The normalized spacial score (nSPS) is 15.3. The van der Waals surface area contributed by atoms with E-state index >= 15 is 0 Å². The van der Waals surface area contributed by atoms with Gasteiger partial charge in [-0.3, -0.25) is 4.79 Å². The number of halogens is 3. The molecule has 4 rings (SSSR count). The first kappa shape index (κ1) is 48.3. The first-order valence-electron chi connectivity index (χ1n) is 18.0. The summed E-state index contributed by atoms with van der Waals surface area (Å²) >= 11 is 16.9.